The zero-order valence-electron chi connectivity index (χ0n) is 11.2. The lowest BCUT2D eigenvalue weighted by molar-refractivity contribution is -0.142. The number of rotatable bonds is 5. The van der Waals surface area contributed by atoms with Gasteiger partial charge in [-0.15, -0.1) is 0 Å². The van der Waals surface area contributed by atoms with Crippen LogP contribution in [0.4, 0.5) is 5.82 Å². The lowest BCUT2D eigenvalue weighted by Gasteiger charge is -2.29. The average Bonchev–Trinajstić information content (AvgIpc) is 2.83. The maximum atomic E-state index is 11.5. The van der Waals surface area contributed by atoms with E-state index in [4.69, 9.17) is 0 Å². The fourth-order valence-corrected chi connectivity index (χ4v) is 2.05. The number of carbonyl (C=O) groups is 1. The van der Waals surface area contributed by atoms with Crippen LogP contribution in [-0.4, -0.2) is 36.2 Å². The molecule has 2 aromatic heterocycles. The van der Waals surface area contributed by atoms with Crippen LogP contribution in [0.5, 0.6) is 0 Å². The van der Waals surface area contributed by atoms with Crippen LogP contribution in [-0.2, 0) is 4.79 Å². The molecule has 102 valence electrons. The van der Waals surface area contributed by atoms with Crippen molar-refractivity contribution in [2.24, 2.45) is 0 Å². The summed E-state index contributed by atoms with van der Waals surface area (Å²) in [7, 11) is 0. The zero-order chi connectivity index (χ0) is 14.0. The van der Waals surface area contributed by atoms with Crippen LogP contribution in [0.2, 0.25) is 0 Å². The van der Waals surface area contributed by atoms with Crippen LogP contribution in [0.1, 0.15) is 32.4 Å². The van der Waals surface area contributed by atoms with Gasteiger partial charge in [0.25, 0.3) is 5.78 Å². The first-order valence-corrected chi connectivity index (χ1v) is 6.21. The van der Waals surface area contributed by atoms with Gasteiger partial charge in [0.1, 0.15) is 17.7 Å². The number of carboxylic acids is 1. The van der Waals surface area contributed by atoms with Crippen molar-refractivity contribution in [2.45, 2.75) is 39.2 Å². The Balaban J connectivity index is 2.50. The van der Waals surface area contributed by atoms with Gasteiger partial charge in [-0.25, -0.2) is 9.78 Å². The highest BCUT2D eigenvalue weighted by Gasteiger charge is 2.35. The summed E-state index contributed by atoms with van der Waals surface area (Å²) in [5.41, 5.74) is -0.248. The smallest absolute Gasteiger partial charge is 0.329 e. The molecule has 2 heterocycles. The number of hydrogen-bond acceptors (Lipinski definition) is 5. The second-order valence-corrected chi connectivity index (χ2v) is 4.47. The number of carboxylic acid groups (broad SMARTS) is 1. The minimum Gasteiger partial charge on any atom is -0.480 e. The number of hydrogen-bond donors (Lipinski definition) is 2. The van der Waals surface area contributed by atoms with Crippen LogP contribution >= 0.6 is 0 Å². The minimum atomic E-state index is -1.01. The number of aromatic nitrogens is 4. The Morgan fingerprint density at radius 1 is 1.47 bits per heavy atom. The number of aliphatic carboxylic acids is 1. The van der Waals surface area contributed by atoms with Crippen LogP contribution < -0.4 is 5.32 Å². The molecular weight excluding hydrogens is 246 g/mol. The molecule has 7 heteroatoms. The SMILES string of the molecule is CCC(CC)(Nc1cc(C)nc2ncnn12)C(=O)O. The molecule has 0 fully saturated rings. The van der Waals surface area contributed by atoms with Crippen LogP contribution in [0.3, 0.4) is 0 Å². The van der Waals surface area contributed by atoms with E-state index in [2.05, 4.69) is 20.4 Å². The third-order valence-corrected chi connectivity index (χ3v) is 3.36. The van der Waals surface area contributed by atoms with E-state index in [1.54, 1.807) is 6.07 Å². The molecule has 2 aromatic rings. The number of fused-ring (bicyclic) bond motifs is 1. The van der Waals surface area contributed by atoms with Crippen molar-refractivity contribution in [1.82, 2.24) is 19.6 Å². The number of nitrogens with zero attached hydrogens (tertiary/aromatic N) is 4. The molecule has 0 bridgehead atoms. The summed E-state index contributed by atoms with van der Waals surface area (Å²) in [6.45, 7) is 5.52. The van der Waals surface area contributed by atoms with Crippen molar-refractivity contribution in [3.05, 3.63) is 18.1 Å². The first-order valence-electron chi connectivity index (χ1n) is 6.21. The largest absolute Gasteiger partial charge is 0.480 e. The minimum absolute atomic E-state index is 0.453. The van der Waals surface area contributed by atoms with E-state index < -0.39 is 11.5 Å². The van der Waals surface area contributed by atoms with E-state index in [0.717, 1.165) is 5.69 Å². The first-order chi connectivity index (χ1) is 9.02. The molecule has 0 saturated carbocycles. The van der Waals surface area contributed by atoms with Gasteiger partial charge in [-0.05, 0) is 19.8 Å². The topological polar surface area (TPSA) is 92.4 Å². The molecule has 0 radical (unpaired) electrons. The highest BCUT2D eigenvalue weighted by Crippen LogP contribution is 2.23. The molecule has 0 saturated heterocycles. The van der Waals surface area contributed by atoms with E-state index >= 15 is 0 Å². The summed E-state index contributed by atoms with van der Waals surface area (Å²) in [6, 6.07) is 1.77. The van der Waals surface area contributed by atoms with Gasteiger partial charge in [-0.2, -0.15) is 14.6 Å². The van der Waals surface area contributed by atoms with Crippen molar-refractivity contribution < 1.29 is 9.90 Å². The van der Waals surface area contributed by atoms with Gasteiger partial charge in [-0.1, -0.05) is 13.8 Å². The van der Waals surface area contributed by atoms with Gasteiger partial charge < -0.3 is 10.4 Å². The molecule has 0 aliphatic carbocycles. The number of anilines is 1. The van der Waals surface area contributed by atoms with Crippen molar-refractivity contribution in [3.63, 3.8) is 0 Å². The zero-order valence-corrected chi connectivity index (χ0v) is 11.2. The lowest BCUT2D eigenvalue weighted by atomic mass is 9.93. The normalized spacial score (nSPS) is 11.7. The molecule has 2 N–H and O–H groups in total. The molecule has 0 amide bonds. The summed E-state index contributed by atoms with van der Waals surface area (Å²) in [5.74, 6) is 0.167. The second-order valence-electron chi connectivity index (χ2n) is 4.47. The van der Waals surface area contributed by atoms with Gasteiger partial charge in [0.15, 0.2) is 0 Å². The van der Waals surface area contributed by atoms with E-state index in [1.165, 1.54) is 10.8 Å². The standard InChI is InChI=1S/C12H17N5O2/c1-4-12(5-2,10(18)19)16-9-6-8(3)15-11-13-7-14-17(9)11/h6-7,16H,4-5H2,1-3H3,(H,18,19). The molecule has 0 unspecified atom stereocenters. The Bertz CT molecular complexity index is 603. The van der Waals surface area contributed by atoms with Crippen LogP contribution in [0, 0.1) is 6.92 Å². The number of aryl methyl sites for hydroxylation is 1. The molecule has 0 aromatic carbocycles. The summed E-state index contributed by atoms with van der Waals surface area (Å²) in [4.78, 5) is 19.8. The predicted molar refractivity (Wildman–Crippen MR) is 70.1 cm³/mol. The number of nitrogens with one attached hydrogen (secondary N) is 1. The van der Waals surface area contributed by atoms with Gasteiger partial charge in [0.2, 0.25) is 0 Å². The second kappa shape index (κ2) is 4.83. The third-order valence-electron chi connectivity index (χ3n) is 3.36. The van der Waals surface area contributed by atoms with Gasteiger partial charge in [0.05, 0.1) is 0 Å². The fourth-order valence-electron chi connectivity index (χ4n) is 2.05. The lowest BCUT2D eigenvalue weighted by Crippen LogP contribution is -2.45. The van der Waals surface area contributed by atoms with Crippen molar-refractivity contribution in [2.75, 3.05) is 5.32 Å². The third kappa shape index (κ3) is 2.23. The van der Waals surface area contributed by atoms with Crippen LogP contribution in [0.15, 0.2) is 12.4 Å². The summed E-state index contributed by atoms with van der Waals surface area (Å²) in [5, 5.41) is 16.6. The molecule has 0 spiro atoms. The van der Waals surface area contributed by atoms with Crippen molar-refractivity contribution in [1.29, 1.82) is 0 Å². The molecule has 0 aliphatic heterocycles. The maximum absolute atomic E-state index is 11.5. The van der Waals surface area contributed by atoms with Crippen LogP contribution in [0.25, 0.3) is 5.78 Å². The van der Waals surface area contributed by atoms with Gasteiger partial charge in [-0.3, -0.25) is 0 Å². The Hall–Kier alpha value is -2.18. The van der Waals surface area contributed by atoms with Crippen molar-refractivity contribution in [3.8, 4) is 0 Å². The van der Waals surface area contributed by atoms with E-state index in [9.17, 15) is 9.90 Å². The van der Waals surface area contributed by atoms with E-state index in [1.807, 2.05) is 20.8 Å². The molecule has 0 atom stereocenters. The summed E-state index contributed by atoms with van der Waals surface area (Å²) >= 11 is 0. The highest BCUT2D eigenvalue weighted by molar-refractivity contribution is 5.82. The maximum Gasteiger partial charge on any atom is 0.329 e. The predicted octanol–water partition coefficient (Wildman–Crippen LogP) is 1.49. The summed E-state index contributed by atoms with van der Waals surface area (Å²) < 4.78 is 1.51. The monoisotopic (exact) mass is 263 g/mol. The Morgan fingerprint density at radius 3 is 2.74 bits per heavy atom. The molecule has 19 heavy (non-hydrogen) atoms. The molecule has 0 aliphatic rings. The highest BCUT2D eigenvalue weighted by atomic mass is 16.4. The Morgan fingerprint density at radius 2 is 2.16 bits per heavy atom. The first kappa shape index (κ1) is 13.3. The van der Waals surface area contributed by atoms with Crippen molar-refractivity contribution >= 4 is 17.6 Å². The molecule has 7 nitrogen and oxygen atoms in total. The average molecular weight is 263 g/mol. The fraction of sp³-hybridized carbons (Fsp3) is 0.500. The van der Waals surface area contributed by atoms with E-state index in [0.29, 0.717) is 24.4 Å². The molecule has 2 rings (SSSR count). The van der Waals surface area contributed by atoms with Gasteiger partial charge in [0, 0.05) is 11.8 Å². The Kier molecular flexibility index (Phi) is 3.37. The molecular formula is C12H17N5O2. The van der Waals surface area contributed by atoms with E-state index in [-0.39, 0.29) is 0 Å². The summed E-state index contributed by atoms with van der Waals surface area (Å²) in [6.07, 6.45) is 2.33. The quantitative estimate of drug-likeness (QED) is 0.849. The van der Waals surface area contributed by atoms with Gasteiger partial charge >= 0.3 is 5.97 Å². The Labute approximate surface area is 110 Å².